The third-order valence-corrected chi connectivity index (χ3v) is 6.45. The Hall–Kier alpha value is -2.05. The summed E-state index contributed by atoms with van der Waals surface area (Å²) in [4.78, 5) is 5.54. The predicted molar refractivity (Wildman–Crippen MR) is 152 cm³/mol. The molecule has 0 saturated heterocycles. The second-order valence-corrected chi connectivity index (χ2v) is 9.80. The van der Waals surface area contributed by atoms with Crippen LogP contribution in [0.25, 0.3) is 0 Å². The number of benzene rings is 2. The van der Waals surface area contributed by atoms with Crippen molar-refractivity contribution >= 4 is 47.7 Å². The zero-order chi connectivity index (χ0) is 23.1. The first-order valence-corrected chi connectivity index (χ1v) is 12.3. The monoisotopic (exact) mass is 521 g/mol. The molecule has 0 atom stereocenters. The molecule has 186 valence electrons. The van der Waals surface area contributed by atoms with E-state index in [1.165, 1.54) is 11.1 Å². The molecule has 1 heterocycles. The summed E-state index contributed by atoms with van der Waals surface area (Å²) in [5.74, 6) is 1.66. The van der Waals surface area contributed by atoms with Gasteiger partial charge in [0.15, 0.2) is 0 Å². The van der Waals surface area contributed by atoms with Gasteiger partial charge in [0.05, 0.1) is 10.6 Å². The first-order valence-electron chi connectivity index (χ1n) is 11.4. The van der Waals surface area contributed by atoms with Crippen molar-refractivity contribution in [2.45, 2.75) is 58.9 Å². The number of phenolic OH excluding ortho intramolecular Hbond substituents is 1. The fourth-order valence-corrected chi connectivity index (χ4v) is 4.40. The maximum absolute atomic E-state index is 10.6. The lowest BCUT2D eigenvalue weighted by Gasteiger charge is -2.17. The van der Waals surface area contributed by atoms with Crippen molar-refractivity contribution < 1.29 is 5.11 Å². The van der Waals surface area contributed by atoms with Crippen molar-refractivity contribution in [3.05, 3.63) is 81.0 Å². The number of phenols is 1. The lowest BCUT2D eigenvalue weighted by molar-refractivity contribution is 0.454. The molecule has 0 fully saturated rings. The van der Waals surface area contributed by atoms with Crippen LogP contribution >= 0.6 is 36.2 Å². The highest BCUT2D eigenvalue weighted by Crippen LogP contribution is 2.35. The standard InChI is InChI=1S/C27H35N3OS.2ClH/c1-18(2)23-15-20(16-24(19(3)4)26(23)31)9-6-12-29-17-21-8-5-10-22(14-21)30-27(28)25-11-7-13-32-25;;/h5,7-8,10-11,13-16,18-19,29,31H,6,9,12,17H2,1-4H3,(H2,28,30);2*1H. The number of thiophene rings is 1. The predicted octanol–water partition coefficient (Wildman–Crippen LogP) is 7.30. The minimum atomic E-state index is 0. The van der Waals surface area contributed by atoms with Gasteiger partial charge in [-0.15, -0.1) is 36.2 Å². The van der Waals surface area contributed by atoms with Crippen LogP contribution in [0.15, 0.2) is 58.9 Å². The summed E-state index contributed by atoms with van der Waals surface area (Å²) < 4.78 is 0. The fourth-order valence-electron chi connectivity index (χ4n) is 3.77. The van der Waals surface area contributed by atoms with Crippen molar-refractivity contribution in [3.8, 4) is 5.75 Å². The summed E-state index contributed by atoms with van der Waals surface area (Å²) in [7, 11) is 0. The summed E-state index contributed by atoms with van der Waals surface area (Å²) in [6.07, 6.45) is 2.04. The minimum Gasteiger partial charge on any atom is -0.507 e. The number of nitrogens with zero attached hydrogens (tertiary/aromatic N) is 1. The molecule has 0 amide bonds. The van der Waals surface area contributed by atoms with Crippen LogP contribution in [0.5, 0.6) is 5.75 Å². The summed E-state index contributed by atoms with van der Waals surface area (Å²) in [5, 5.41) is 16.1. The maximum Gasteiger partial charge on any atom is 0.141 e. The Kier molecular flexibility index (Phi) is 12.7. The first kappa shape index (κ1) is 30.0. The van der Waals surface area contributed by atoms with Gasteiger partial charge in [0, 0.05) is 6.54 Å². The molecule has 0 radical (unpaired) electrons. The average Bonchev–Trinajstić information content (AvgIpc) is 3.29. The molecule has 0 spiro atoms. The van der Waals surface area contributed by atoms with Gasteiger partial charge in [-0.2, -0.15) is 0 Å². The van der Waals surface area contributed by atoms with Crippen LogP contribution in [0.1, 0.15) is 73.1 Å². The molecule has 34 heavy (non-hydrogen) atoms. The van der Waals surface area contributed by atoms with Gasteiger partial charge in [0.2, 0.25) is 0 Å². The smallest absolute Gasteiger partial charge is 0.141 e. The quantitative estimate of drug-likeness (QED) is 0.149. The third kappa shape index (κ3) is 8.31. The number of halogens is 2. The largest absolute Gasteiger partial charge is 0.507 e. The number of nitrogens with one attached hydrogen (secondary N) is 1. The molecule has 2 aromatic carbocycles. The zero-order valence-electron chi connectivity index (χ0n) is 20.4. The number of aliphatic imine (C=N–C) groups is 1. The Bertz CT molecular complexity index is 1020. The highest BCUT2D eigenvalue weighted by Gasteiger charge is 2.15. The van der Waals surface area contributed by atoms with Gasteiger partial charge in [-0.3, -0.25) is 0 Å². The van der Waals surface area contributed by atoms with Gasteiger partial charge >= 0.3 is 0 Å². The van der Waals surface area contributed by atoms with E-state index in [1.54, 1.807) is 11.3 Å². The Morgan fingerprint density at radius 1 is 0.971 bits per heavy atom. The second kappa shape index (κ2) is 14.4. The van der Waals surface area contributed by atoms with Crippen LogP contribution in [0.2, 0.25) is 0 Å². The van der Waals surface area contributed by atoms with E-state index in [0.717, 1.165) is 47.6 Å². The van der Waals surface area contributed by atoms with Crippen molar-refractivity contribution in [2.24, 2.45) is 10.7 Å². The van der Waals surface area contributed by atoms with Crippen LogP contribution in [0.4, 0.5) is 5.69 Å². The molecule has 0 bridgehead atoms. The van der Waals surface area contributed by atoms with E-state index in [2.05, 4.69) is 62.3 Å². The Labute approximate surface area is 220 Å². The number of rotatable bonds is 10. The number of aryl methyl sites for hydroxylation is 1. The molecule has 0 aliphatic rings. The number of amidine groups is 1. The van der Waals surface area contributed by atoms with Gasteiger partial charge in [-0.1, -0.05) is 58.0 Å². The number of hydrogen-bond donors (Lipinski definition) is 3. The van der Waals surface area contributed by atoms with E-state index in [9.17, 15) is 5.11 Å². The Morgan fingerprint density at radius 3 is 2.24 bits per heavy atom. The SMILES string of the molecule is CC(C)c1cc(CCCNCc2cccc(N=C(N)c3cccs3)c2)cc(C(C)C)c1O.Cl.Cl. The lowest BCUT2D eigenvalue weighted by atomic mass is 9.90. The maximum atomic E-state index is 10.6. The van der Waals surface area contributed by atoms with Gasteiger partial charge in [0.25, 0.3) is 0 Å². The summed E-state index contributed by atoms with van der Waals surface area (Å²) in [5.41, 5.74) is 11.6. The van der Waals surface area contributed by atoms with Crippen molar-refractivity contribution in [2.75, 3.05) is 6.54 Å². The molecule has 7 heteroatoms. The molecular formula is C27H37Cl2N3OS. The van der Waals surface area contributed by atoms with Gasteiger partial charge in [0.1, 0.15) is 11.6 Å². The van der Waals surface area contributed by atoms with Crippen LogP contribution in [0, 0.1) is 0 Å². The molecule has 0 aliphatic heterocycles. The van der Waals surface area contributed by atoms with E-state index >= 15 is 0 Å². The third-order valence-electron chi connectivity index (χ3n) is 5.55. The highest BCUT2D eigenvalue weighted by molar-refractivity contribution is 7.12. The Morgan fingerprint density at radius 2 is 1.65 bits per heavy atom. The van der Waals surface area contributed by atoms with E-state index in [1.807, 2.05) is 29.6 Å². The van der Waals surface area contributed by atoms with Crippen LogP contribution < -0.4 is 11.1 Å². The van der Waals surface area contributed by atoms with E-state index in [4.69, 9.17) is 5.73 Å². The zero-order valence-corrected chi connectivity index (χ0v) is 22.8. The molecule has 0 saturated carbocycles. The topological polar surface area (TPSA) is 70.6 Å². The normalized spacial score (nSPS) is 11.4. The van der Waals surface area contributed by atoms with Gasteiger partial charge in [-0.25, -0.2) is 4.99 Å². The fraction of sp³-hybridized carbons (Fsp3) is 0.370. The molecule has 3 aromatic rings. The number of nitrogens with two attached hydrogens (primary N) is 1. The van der Waals surface area contributed by atoms with E-state index in [0.29, 0.717) is 23.4 Å². The summed E-state index contributed by atoms with van der Waals surface area (Å²) in [6, 6.07) is 16.5. The van der Waals surface area contributed by atoms with Crippen molar-refractivity contribution in [3.63, 3.8) is 0 Å². The molecular weight excluding hydrogens is 485 g/mol. The number of hydrogen-bond acceptors (Lipinski definition) is 4. The minimum absolute atomic E-state index is 0. The van der Waals surface area contributed by atoms with E-state index < -0.39 is 0 Å². The first-order chi connectivity index (χ1) is 15.3. The summed E-state index contributed by atoms with van der Waals surface area (Å²) >= 11 is 1.60. The molecule has 0 aliphatic carbocycles. The van der Waals surface area contributed by atoms with Crippen LogP contribution in [-0.4, -0.2) is 17.5 Å². The highest BCUT2D eigenvalue weighted by atomic mass is 35.5. The lowest BCUT2D eigenvalue weighted by Crippen LogP contribution is -2.15. The molecule has 0 unspecified atom stereocenters. The molecule has 3 rings (SSSR count). The molecule has 4 nitrogen and oxygen atoms in total. The van der Waals surface area contributed by atoms with Crippen LogP contribution in [-0.2, 0) is 13.0 Å². The van der Waals surface area contributed by atoms with Crippen molar-refractivity contribution in [1.29, 1.82) is 0 Å². The Balaban J connectivity index is 0.00000289. The van der Waals surface area contributed by atoms with Crippen LogP contribution in [0.3, 0.4) is 0 Å². The van der Waals surface area contributed by atoms with Crippen molar-refractivity contribution in [1.82, 2.24) is 5.32 Å². The average molecular weight is 523 g/mol. The molecule has 1 aromatic heterocycles. The second-order valence-electron chi connectivity index (χ2n) is 8.86. The summed E-state index contributed by atoms with van der Waals surface area (Å²) in [6.45, 7) is 10.3. The van der Waals surface area contributed by atoms with Gasteiger partial charge in [-0.05, 0) is 77.1 Å². The number of aromatic hydroxyl groups is 1. The van der Waals surface area contributed by atoms with Gasteiger partial charge < -0.3 is 16.2 Å². The van der Waals surface area contributed by atoms with E-state index in [-0.39, 0.29) is 24.8 Å². The molecule has 4 N–H and O–H groups in total.